The topological polar surface area (TPSA) is 62.6 Å². The summed E-state index contributed by atoms with van der Waals surface area (Å²) in [5.74, 6) is 0.940. The summed E-state index contributed by atoms with van der Waals surface area (Å²) in [6.07, 6.45) is 6.11. The van der Waals surface area contributed by atoms with Crippen molar-refractivity contribution in [3.05, 3.63) is 24.2 Å². The van der Waals surface area contributed by atoms with E-state index in [4.69, 9.17) is 10.2 Å². The molecule has 2 heterocycles. The number of hydrogen-bond donors (Lipinski definition) is 2. The first-order chi connectivity index (χ1) is 8.74. The molecule has 3 N–H and O–H groups in total. The van der Waals surface area contributed by atoms with Gasteiger partial charge in [-0.15, -0.1) is 0 Å². The third-order valence-corrected chi connectivity index (χ3v) is 3.83. The third-order valence-electron chi connectivity index (χ3n) is 3.83. The SMILES string of the molecule is CC(N)C(c1ccco1)N1CCCCC1CCO. The molecule has 1 aromatic heterocycles. The highest BCUT2D eigenvalue weighted by Gasteiger charge is 2.33. The Kier molecular flexibility index (Phi) is 4.80. The van der Waals surface area contributed by atoms with Gasteiger partial charge in [0, 0.05) is 18.7 Å². The summed E-state index contributed by atoms with van der Waals surface area (Å²) in [4.78, 5) is 2.42. The lowest BCUT2D eigenvalue weighted by Crippen LogP contribution is -2.47. The summed E-state index contributed by atoms with van der Waals surface area (Å²) < 4.78 is 5.55. The molecule has 102 valence electrons. The van der Waals surface area contributed by atoms with E-state index in [-0.39, 0.29) is 18.7 Å². The van der Waals surface area contributed by atoms with E-state index < -0.39 is 0 Å². The number of hydrogen-bond acceptors (Lipinski definition) is 4. The Bertz CT molecular complexity index is 336. The molecule has 3 unspecified atom stereocenters. The number of rotatable bonds is 5. The van der Waals surface area contributed by atoms with Crippen molar-refractivity contribution < 1.29 is 9.52 Å². The van der Waals surface area contributed by atoms with Gasteiger partial charge in [0.15, 0.2) is 0 Å². The van der Waals surface area contributed by atoms with Crippen LogP contribution < -0.4 is 5.73 Å². The highest BCUT2D eigenvalue weighted by molar-refractivity contribution is 5.08. The van der Waals surface area contributed by atoms with Crippen LogP contribution in [0.15, 0.2) is 22.8 Å². The number of aliphatic hydroxyl groups excluding tert-OH is 1. The zero-order chi connectivity index (χ0) is 13.0. The van der Waals surface area contributed by atoms with Gasteiger partial charge in [-0.1, -0.05) is 6.42 Å². The van der Waals surface area contributed by atoms with Crippen LogP contribution in [-0.2, 0) is 0 Å². The normalized spacial score (nSPS) is 24.9. The van der Waals surface area contributed by atoms with Crippen molar-refractivity contribution in [3.63, 3.8) is 0 Å². The van der Waals surface area contributed by atoms with Gasteiger partial charge in [0.1, 0.15) is 5.76 Å². The fourth-order valence-electron chi connectivity index (χ4n) is 3.03. The Morgan fingerprint density at radius 2 is 2.39 bits per heavy atom. The Morgan fingerprint density at radius 3 is 3.00 bits per heavy atom. The first kappa shape index (κ1) is 13.6. The first-order valence-corrected chi connectivity index (χ1v) is 6.89. The number of aliphatic hydroxyl groups is 1. The van der Waals surface area contributed by atoms with Crippen LogP contribution in [-0.4, -0.2) is 35.2 Å². The minimum Gasteiger partial charge on any atom is -0.468 e. The summed E-state index contributed by atoms with van der Waals surface area (Å²) in [5, 5.41) is 9.21. The minimum absolute atomic E-state index is 0.0236. The maximum absolute atomic E-state index is 9.21. The number of piperidine rings is 1. The van der Waals surface area contributed by atoms with E-state index in [0.717, 1.165) is 25.1 Å². The standard InChI is InChI=1S/C14H24N2O2/c1-11(15)14(13-6-4-10-18-13)16-8-3-2-5-12(16)7-9-17/h4,6,10-12,14,17H,2-3,5,7-9,15H2,1H3. The molecule has 0 saturated carbocycles. The number of likely N-dealkylation sites (tertiary alicyclic amines) is 1. The van der Waals surface area contributed by atoms with E-state index in [0.29, 0.717) is 6.04 Å². The van der Waals surface area contributed by atoms with Crippen LogP contribution in [0.2, 0.25) is 0 Å². The molecule has 0 aromatic carbocycles. The summed E-state index contributed by atoms with van der Waals surface area (Å²) in [6.45, 7) is 3.31. The highest BCUT2D eigenvalue weighted by atomic mass is 16.3. The quantitative estimate of drug-likeness (QED) is 0.840. The van der Waals surface area contributed by atoms with Crippen LogP contribution in [0.3, 0.4) is 0 Å². The van der Waals surface area contributed by atoms with E-state index in [2.05, 4.69) is 4.90 Å². The summed E-state index contributed by atoms with van der Waals surface area (Å²) in [5.41, 5.74) is 6.15. The van der Waals surface area contributed by atoms with E-state index in [9.17, 15) is 5.11 Å². The van der Waals surface area contributed by atoms with E-state index in [1.165, 1.54) is 12.8 Å². The first-order valence-electron chi connectivity index (χ1n) is 6.89. The monoisotopic (exact) mass is 252 g/mol. The maximum atomic E-state index is 9.21. The predicted molar refractivity (Wildman–Crippen MR) is 71.1 cm³/mol. The molecule has 1 aromatic rings. The molecule has 1 aliphatic heterocycles. The molecule has 3 atom stereocenters. The molecule has 1 saturated heterocycles. The maximum Gasteiger partial charge on any atom is 0.122 e. The number of furan rings is 1. The van der Waals surface area contributed by atoms with E-state index in [1.807, 2.05) is 19.1 Å². The van der Waals surface area contributed by atoms with Gasteiger partial charge in [0.05, 0.1) is 12.3 Å². The van der Waals surface area contributed by atoms with Crippen LogP contribution in [0.4, 0.5) is 0 Å². The molecule has 0 amide bonds. The average Bonchev–Trinajstić information content (AvgIpc) is 2.85. The second-order valence-electron chi connectivity index (χ2n) is 5.22. The van der Waals surface area contributed by atoms with Gasteiger partial charge in [-0.2, -0.15) is 0 Å². The van der Waals surface area contributed by atoms with Crippen molar-refractivity contribution in [3.8, 4) is 0 Å². The Hall–Kier alpha value is -0.840. The van der Waals surface area contributed by atoms with Crippen molar-refractivity contribution in [1.82, 2.24) is 4.90 Å². The van der Waals surface area contributed by atoms with E-state index >= 15 is 0 Å². The lowest BCUT2D eigenvalue weighted by atomic mass is 9.94. The molecular formula is C14H24N2O2. The Morgan fingerprint density at radius 1 is 1.56 bits per heavy atom. The third kappa shape index (κ3) is 2.94. The van der Waals surface area contributed by atoms with Crippen LogP contribution in [0.5, 0.6) is 0 Å². The van der Waals surface area contributed by atoms with Crippen molar-refractivity contribution in [2.45, 2.75) is 50.7 Å². The zero-order valence-electron chi connectivity index (χ0n) is 11.1. The van der Waals surface area contributed by atoms with Crippen LogP contribution in [0.1, 0.15) is 44.4 Å². The smallest absolute Gasteiger partial charge is 0.122 e. The number of nitrogens with two attached hydrogens (primary N) is 1. The van der Waals surface area contributed by atoms with Crippen LogP contribution in [0.25, 0.3) is 0 Å². The minimum atomic E-state index is 0.0236. The molecule has 0 radical (unpaired) electrons. The number of nitrogens with zero attached hydrogens (tertiary/aromatic N) is 1. The predicted octanol–water partition coefficient (Wildman–Crippen LogP) is 1.90. The van der Waals surface area contributed by atoms with Crippen molar-refractivity contribution in [2.24, 2.45) is 5.73 Å². The molecule has 0 spiro atoms. The van der Waals surface area contributed by atoms with Gasteiger partial charge in [-0.05, 0) is 44.9 Å². The Labute approximate surface area is 109 Å². The molecule has 4 heteroatoms. The van der Waals surface area contributed by atoms with Crippen molar-refractivity contribution in [1.29, 1.82) is 0 Å². The lowest BCUT2D eigenvalue weighted by Gasteiger charge is -2.41. The van der Waals surface area contributed by atoms with Gasteiger partial charge in [0.2, 0.25) is 0 Å². The second kappa shape index (κ2) is 6.36. The summed E-state index contributed by atoms with van der Waals surface area (Å²) >= 11 is 0. The Balaban J connectivity index is 2.17. The molecule has 0 bridgehead atoms. The summed E-state index contributed by atoms with van der Waals surface area (Å²) in [6, 6.07) is 4.48. The van der Waals surface area contributed by atoms with Crippen LogP contribution in [0, 0.1) is 0 Å². The molecule has 18 heavy (non-hydrogen) atoms. The molecule has 1 fully saturated rings. The fraction of sp³-hybridized carbons (Fsp3) is 0.714. The second-order valence-corrected chi connectivity index (χ2v) is 5.22. The largest absolute Gasteiger partial charge is 0.468 e. The molecule has 1 aliphatic rings. The summed E-state index contributed by atoms with van der Waals surface area (Å²) in [7, 11) is 0. The molecule has 2 rings (SSSR count). The molecular weight excluding hydrogens is 228 g/mol. The lowest BCUT2D eigenvalue weighted by molar-refractivity contribution is 0.0550. The van der Waals surface area contributed by atoms with Gasteiger partial charge in [-0.25, -0.2) is 0 Å². The molecule has 0 aliphatic carbocycles. The van der Waals surface area contributed by atoms with Gasteiger partial charge < -0.3 is 15.3 Å². The fourth-order valence-corrected chi connectivity index (χ4v) is 3.03. The van der Waals surface area contributed by atoms with Gasteiger partial charge in [0.25, 0.3) is 0 Å². The van der Waals surface area contributed by atoms with Crippen molar-refractivity contribution >= 4 is 0 Å². The van der Waals surface area contributed by atoms with Crippen LogP contribution >= 0.6 is 0 Å². The average molecular weight is 252 g/mol. The zero-order valence-corrected chi connectivity index (χ0v) is 11.1. The molecule has 4 nitrogen and oxygen atoms in total. The highest BCUT2D eigenvalue weighted by Crippen LogP contribution is 2.31. The van der Waals surface area contributed by atoms with Gasteiger partial charge in [-0.3, -0.25) is 4.90 Å². The van der Waals surface area contributed by atoms with Gasteiger partial charge >= 0.3 is 0 Å². The van der Waals surface area contributed by atoms with E-state index in [1.54, 1.807) is 6.26 Å². The van der Waals surface area contributed by atoms with Crippen molar-refractivity contribution in [2.75, 3.05) is 13.2 Å².